The first-order valence-corrected chi connectivity index (χ1v) is 8.16. The van der Waals surface area contributed by atoms with Crippen LogP contribution in [0.15, 0.2) is 23.1 Å². The quantitative estimate of drug-likeness (QED) is 0.903. The van der Waals surface area contributed by atoms with Gasteiger partial charge >= 0.3 is 0 Å². The Morgan fingerprint density at radius 2 is 2.11 bits per heavy atom. The topological polar surface area (TPSA) is 57.6 Å². The third-order valence-electron chi connectivity index (χ3n) is 4.28. The third kappa shape index (κ3) is 2.09. The highest BCUT2D eigenvalue weighted by Crippen LogP contribution is 2.42. The van der Waals surface area contributed by atoms with E-state index in [2.05, 4.69) is 0 Å². The van der Waals surface area contributed by atoms with Gasteiger partial charge in [-0.3, -0.25) is 0 Å². The van der Waals surface area contributed by atoms with Crippen molar-refractivity contribution in [2.45, 2.75) is 24.3 Å². The van der Waals surface area contributed by atoms with Crippen LogP contribution in [0.5, 0.6) is 0 Å². The van der Waals surface area contributed by atoms with Crippen LogP contribution in [0.3, 0.4) is 0 Å². The summed E-state index contributed by atoms with van der Waals surface area (Å²) in [6.45, 7) is 2.76. The summed E-state index contributed by atoms with van der Waals surface area (Å²) in [6.07, 6.45) is 0.373. The number of benzene rings is 1. The number of hydrogen-bond acceptors (Lipinski definition) is 3. The number of nitrogens with zero attached hydrogens (tertiary/aromatic N) is 1. The molecular formula is C13H16ClNO3S. The van der Waals surface area contributed by atoms with Crippen molar-refractivity contribution < 1.29 is 13.5 Å². The molecule has 19 heavy (non-hydrogen) atoms. The smallest absolute Gasteiger partial charge is 0.243 e. The zero-order valence-electron chi connectivity index (χ0n) is 10.6. The standard InChI is InChI=1S/C13H16ClNO3S/c1-8-2-3-10(5-12(8)14)19(17,18)15-6-9-4-13(16)11(9)7-15/h2-3,5,9,11,13,16H,4,6-7H2,1H3/t9-,11+,13+/m1/s1. The molecule has 104 valence electrons. The lowest BCUT2D eigenvalue weighted by atomic mass is 9.74. The molecule has 6 heteroatoms. The number of fused-ring (bicyclic) bond motifs is 1. The molecule has 2 aliphatic rings. The van der Waals surface area contributed by atoms with Crippen LogP contribution < -0.4 is 0 Å². The summed E-state index contributed by atoms with van der Waals surface area (Å²) in [6, 6.07) is 4.81. The van der Waals surface area contributed by atoms with Crippen molar-refractivity contribution in [3.8, 4) is 0 Å². The van der Waals surface area contributed by atoms with Crippen molar-refractivity contribution in [1.82, 2.24) is 4.31 Å². The molecule has 4 nitrogen and oxygen atoms in total. The number of hydrogen-bond donors (Lipinski definition) is 1. The van der Waals surface area contributed by atoms with Gasteiger partial charge < -0.3 is 5.11 Å². The highest BCUT2D eigenvalue weighted by Gasteiger charge is 2.49. The second-order valence-corrected chi connectivity index (χ2v) is 7.81. The lowest BCUT2D eigenvalue weighted by Gasteiger charge is -2.34. The molecule has 0 radical (unpaired) electrons. The third-order valence-corrected chi connectivity index (χ3v) is 6.51. The molecule has 1 aliphatic carbocycles. The number of sulfonamides is 1. The molecule has 2 fully saturated rings. The fraction of sp³-hybridized carbons (Fsp3) is 0.538. The Morgan fingerprint density at radius 3 is 2.68 bits per heavy atom. The summed E-state index contributed by atoms with van der Waals surface area (Å²) in [5, 5.41) is 10.1. The fourth-order valence-corrected chi connectivity index (χ4v) is 4.72. The molecule has 1 saturated heterocycles. The second-order valence-electron chi connectivity index (χ2n) is 5.46. The normalized spacial score (nSPS) is 31.0. The van der Waals surface area contributed by atoms with E-state index in [0.29, 0.717) is 30.5 Å². The van der Waals surface area contributed by atoms with Crippen molar-refractivity contribution >= 4 is 21.6 Å². The van der Waals surface area contributed by atoms with E-state index in [1.165, 1.54) is 10.4 Å². The second kappa shape index (κ2) is 4.45. The summed E-state index contributed by atoms with van der Waals surface area (Å²) < 4.78 is 26.5. The summed E-state index contributed by atoms with van der Waals surface area (Å²) in [4.78, 5) is 0.235. The van der Waals surface area contributed by atoms with Gasteiger partial charge in [-0.15, -0.1) is 0 Å². The van der Waals surface area contributed by atoms with Crippen LogP contribution in [-0.2, 0) is 10.0 Å². The molecule has 1 aromatic rings. The molecule has 1 heterocycles. The zero-order valence-corrected chi connectivity index (χ0v) is 12.2. The maximum atomic E-state index is 12.5. The van der Waals surface area contributed by atoms with E-state index in [-0.39, 0.29) is 16.9 Å². The van der Waals surface area contributed by atoms with E-state index in [4.69, 9.17) is 11.6 Å². The van der Waals surface area contributed by atoms with Gasteiger partial charge in [-0.25, -0.2) is 8.42 Å². The minimum Gasteiger partial charge on any atom is -0.393 e. The van der Waals surface area contributed by atoms with Gasteiger partial charge in [-0.1, -0.05) is 17.7 Å². The van der Waals surface area contributed by atoms with Gasteiger partial charge in [0.15, 0.2) is 0 Å². The van der Waals surface area contributed by atoms with E-state index < -0.39 is 10.0 Å². The van der Waals surface area contributed by atoms with Gasteiger partial charge in [0.05, 0.1) is 11.0 Å². The number of rotatable bonds is 2. The van der Waals surface area contributed by atoms with E-state index in [1.54, 1.807) is 12.1 Å². The van der Waals surface area contributed by atoms with Gasteiger partial charge in [-0.05, 0) is 37.0 Å². The number of aryl methyl sites for hydroxylation is 1. The summed E-state index contributed by atoms with van der Waals surface area (Å²) in [7, 11) is -3.49. The van der Waals surface area contributed by atoms with Crippen molar-refractivity contribution in [3.05, 3.63) is 28.8 Å². The summed E-state index contributed by atoms with van der Waals surface area (Å²) >= 11 is 6.00. The molecular weight excluding hydrogens is 286 g/mol. The van der Waals surface area contributed by atoms with Gasteiger partial charge in [0.25, 0.3) is 0 Å². The van der Waals surface area contributed by atoms with Crippen LogP contribution in [0.4, 0.5) is 0 Å². The highest BCUT2D eigenvalue weighted by molar-refractivity contribution is 7.89. The van der Waals surface area contributed by atoms with Crippen molar-refractivity contribution in [2.75, 3.05) is 13.1 Å². The molecule has 0 unspecified atom stereocenters. The van der Waals surface area contributed by atoms with Crippen LogP contribution in [0.1, 0.15) is 12.0 Å². The summed E-state index contributed by atoms with van der Waals surface area (Å²) in [5.74, 6) is 0.418. The summed E-state index contributed by atoms with van der Waals surface area (Å²) in [5.41, 5.74) is 0.859. The van der Waals surface area contributed by atoms with Crippen LogP contribution in [-0.4, -0.2) is 37.0 Å². The molecule has 3 rings (SSSR count). The minimum absolute atomic E-state index is 0.107. The van der Waals surface area contributed by atoms with Gasteiger partial charge in [0.2, 0.25) is 10.0 Å². The Kier molecular flexibility index (Phi) is 3.13. The number of halogens is 1. The Balaban J connectivity index is 1.89. The monoisotopic (exact) mass is 301 g/mol. The van der Waals surface area contributed by atoms with Crippen LogP contribution in [0.2, 0.25) is 5.02 Å². The molecule has 0 aromatic heterocycles. The predicted octanol–water partition coefficient (Wildman–Crippen LogP) is 1.65. The predicted molar refractivity (Wildman–Crippen MR) is 72.6 cm³/mol. The number of aliphatic hydroxyl groups excluding tert-OH is 1. The Labute approximate surface area is 118 Å². The molecule has 1 saturated carbocycles. The van der Waals surface area contributed by atoms with Crippen molar-refractivity contribution in [1.29, 1.82) is 0 Å². The van der Waals surface area contributed by atoms with Crippen LogP contribution >= 0.6 is 11.6 Å². The van der Waals surface area contributed by atoms with E-state index in [0.717, 1.165) is 5.56 Å². The van der Waals surface area contributed by atoms with E-state index in [1.807, 2.05) is 6.92 Å². The molecule has 3 atom stereocenters. The minimum atomic E-state index is -3.49. The lowest BCUT2D eigenvalue weighted by molar-refractivity contribution is -0.00416. The average molecular weight is 302 g/mol. The lowest BCUT2D eigenvalue weighted by Crippen LogP contribution is -2.39. The van der Waals surface area contributed by atoms with Crippen molar-refractivity contribution in [2.24, 2.45) is 11.8 Å². The molecule has 1 aliphatic heterocycles. The molecule has 1 N–H and O–H groups in total. The van der Waals surface area contributed by atoms with Crippen LogP contribution in [0, 0.1) is 18.8 Å². The van der Waals surface area contributed by atoms with Gasteiger partial charge in [0, 0.05) is 24.0 Å². The molecule has 0 bridgehead atoms. The fourth-order valence-electron chi connectivity index (χ4n) is 2.91. The number of aliphatic hydroxyl groups is 1. The maximum Gasteiger partial charge on any atom is 0.243 e. The molecule has 0 spiro atoms. The Morgan fingerprint density at radius 1 is 1.37 bits per heavy atom. The van der Waals surface area contributed by atoms with Gasteiger partial charge in [0.1, 0.15) is 0 Å². The first-order chi connectivity index (χ1) is 8.89. The SMILES string of the molecule is Cc1ccc(S(=O)(=O)N2C[C@H]3C[C@H](O)[C@H]3C2)cc1Cl. The average Bonchev–Trinajstić information content (AvgIpc) is 2.70. The molecule has 0 amide bonds. The zero-order chi connectivity index (χ0) is 13.8. The van der Waals surface area contributed by atoms with E-state index >= 15 is 0 Å². The highest BCUT2D eigenvalue weighted by atomic mass is 35.5. The molecule has 1 aromatic carbocycles. The van der Waals surface area contributed by atoms with Crippen LogP contribution in [0.25, 0.3) is 0 Å². The Hall–Kier alpha value is -0.620. The first kappa shape index (κ1) is 13.4. The van der Waals surface area contributed by atoms with E-state index in [9.17, 15) is 13.5 Å². The first-order valence-electron chi connectivity index (χ1n) is 6.34. The largest absolute Gasteiger partial charge is 0.393 e. The van der Waals surface area contributed by atoms with Crippen molar-refractivity contribution in [3.63, 3.8) is 0 Å². The Bertz CT molecular complexity index is 616. The van der Waals surface area contributed by atoms with Gasteiger partial charge in [-0.2, -0.15) is 4.31 Å². The maximum absolute atomic E-state index is 12.5.